The molecule has 0 unspecified atom stereocenters. The number of benzene rings is 1. The summed E-state index contributed by atoms with van der Waals surface area (Å²) in [5, 5.41) is 0. The summed E-state index contributed by atoms with van der Waals surface area (Å²) < 4.78 is 10.9. The third-order valence-electron chi connectivity index (χ3n) is 5.87. The van der Waals surface area contributed by atoms with Crippen molar-refractivity contribution in [2.75, 3.05) is 13.3 Å². The van der Waals surface area contributed by atoms with Crippen molar-refractivity contribution in [1.82, 2.24) is 19.9 Å². The lowest BCUT2D eigenvalue weighted by atomic mass is 10.1. The highest BCUT2D eigenvalue weighted by Gasteiger charge is 2.28. The van der Waals surface area contributed by atoms with Gasteiger partial charge in [-0.25, -0.2) is 9.97 Å². The molecule has 6 nitrogen and oxygen atoms in total. The summed E-state index contributed by atoms with van der Waals surface area (Å²) in [6, 6.07) is 10.2. The van der Waals surface area contributed by atoms with E-state index in [2.05, 4.69) is 27.0 Å². The van der Waals surface area contributed by atoms with Crippen LogP contribution in [0.15, 0.2) is 42.7 Å². The SMILES string of the molecule is c1cc(-c2ccc3c(c2)OCO3)ncc1CN1CCc2nc(C3CC3)ncc2C1. The van der Waals surface area contributed by atoms with Crippen LogP contribution in [-0.2, 0) is 19.5 Å². The van der Waals surface area contributed by atoms with E-state index in [1.54, 1.807) is 0 Å². The molecular weight excluding hydrogens is 364 g/mol. The predicted octanol–water partition coefficient (Wildman–Crippen LogP) is 3.70. The first-order valence-electron chi connectivity index (χ1n) is 10.2. The van der Waals surface area contributed by atoms with Crippen LogP contribution in [0.5, 0.6) is 11.5 Å². The minimum Gasteiger partial charge on any atom is -0.454 e. The molecular formula is C23H22N4O2. The molecule has 0 amide bonds. The summed E-state index contributed by atoms with van der Waals surface area (Å²) in [6.45, 7) is 3.11. The lowest BCUT2D eigenvalue weighted by Crippen LogP contribution is -2.31. The molecule has 29 heavy (non-hydrogen) atoms. The molecule has 0 bridgehead atoms. The topological polar surface area (TPSA) is 60.4 Å². The minimum absolute atomic E-state index is 0.289. The van der Waals surface area contributed by atoms with E-state index >= 15 is 0 Å². The molecule has 0 spiro atoms. The molecule has 6 rings (SSSR count). The van der Waals surface area contributed by atoms with Crippen LogP contribution in [0.3, 0.4) is 0 Å². The van der Waals surface area contributed by atoms with E-state index in [-0.39, 0.29) is 6.79 Å². The summed E-state index contributed by atoms with van der Waals surface area (Å²) in [5.74, 6) is 3.25. The van der Waals surface area contributed by atoms with Crippen LogP contribution in [0, 0.1) is 0 Å². The van der Waals surface area contributed by atoms with Crippen LogP contribution in [-0.4, -0.2) is 33.2 Å². The van der Waals surface area contributed by atoms with Crippen molar-refractivity contribution in [2.24, 2.45) is 0 Å². The Balaban J connectivity index is 1.14. The lowest BCUT2D eigenvalue weighted by Gasteiger charge is -2.28. The molecule has 0 atom stereocenters. The van der Waals surface area contributed by atoms with E-state index < -0.39 is 0 Å². The fraction of sp³-hybridized carbons (Fsp3) is 0.348. The molecule has 6 heteroatoms. The van der Waals surface area contributed by atoms with Crippen molar-refractivity contribution in [3.63, 3.8) is 0 Å². The third-order valence-corrected chi connectivity index (χ3v) is 5.87. The summed E-state index contributed by atoms with van der Waals surface area (Å²) in [5.41, 5.74) is 5.71. The minimum atomic E-state index is 0.289. The van der Waals surface area contributed by atoms with E-state index in [0.717, 1.165) is 54.6 Å². The smallest absolute Gasteiger partial charge is 0.231 e. The van der Waals surface area contributed by atoms with Gasteiger partial charge in [-0.15, -0.1) is 0 Å². The highest BCUT2D eigenvalue weighted by atomic mass is 16.7. The third kappa shape index (κ3) is 3.34. The molecule has 0 radical (unpaired) electrons. The molecule has 146 valence electrons. The highest BCUT2D eigenvalue weighted by Crippen LogP contribution is 2.38. The average Bonchev–Trinajstić information content (AvgIpc) is 3.51. The maximum Gasteiger partial charge on any atom is 0.231 e. The number of pyridine rings is 1. The van der Waals surface area contributed by atoms with Crippen LogP contribution in [0.1, 0.15) is 41.4 Å². The van der Waals surface area contributed by atoms with Gasteiger partial charge in [-0.1, -0.05) is 6.07 Å². The van der Waals surface area contributed by atoms with Crippen molar-refractivity contribution in [1.29, 1.82) is 0 Å². The van der Waals surface area contributed by atoms with Crippen molar-refractivity contribution in [3.8, 4) is 22.8 Å². The first-order chi connectivity index (χ1) is 14.3. The zero-order valence-corrected chi connectivity index (χ0v) is 16.2. The van der Waals surface area contributed by atoms with E-state index in [1.807, 2.05) is 30.6 Å². The van der Waals surface area contributed by atoms with Crippen molar-refractivity contribution < 1.29 is 9.47 Å². The van der Waals surface area contributed by atoms with E-state index in [9.17, 15) is 0 Å². The molecule has 3 aliphatic rings. The molecule has 1 aliphatic carbocycles. The summed E-state index contributed by atoms with van der Waals surface area (Å²) in [4.78, 5) is 16.5. The number of fused-ring (bicyclic) bond motifs is 2. The molecule has 2 aromatic heterocycles. The molecule has 1 saturated carbocycles. The number of aromatic nitrogens is 3. The van der Waals surface area contributed by atoms with Crippen molar-refractivity contribution in [3.05, 3.63) is 65.4 Å². The number of hydrogen-bond acceptors (Lipinski definition) is 6. The maximum atomic E-state index is 5.47. The van der Waals surface area contributed by atoms with Crippen LogP contribution in [0.25, 0.3) is 11.3 Å². The van der Waals surface area contributed by atoms with Crippen LogP contribution in [0.4, 0.5) is 0 Å². The second kappa shape index (κ2) is 6.81. The van der Waals surface area contributed by atoms with Crippen molar-refractivity contribution in [2.45, 2.75) is 38.3 Å². The van der Waals surface area contributed by atoms with Crippen LogP contribution >= 0.6 is 0 Å². The summed E-state index contributed by atoms with van der Waals surface area (Å²) >= 11 is 0. The first-order valence-corrected chi connectivity index (χ1v) is 10.2. The molecule has 3 aromatic rings. The van der Waals surface area contributed by atoms with Gasteiger partial charge in [0.15, 0.2) is 11.5 Å². The largest absolute Gasteiger partial charge is 0.454 e. The monoisotopic (exact) mass is 386 g/mol. The standard InChI is InChI=1S/C23H22N4O2/c1-5-19(17-4-6-21-22(9-17)29-14-28-21)24-10-15(1)12-27-8-7-20-18(13-27)11-25-23(26-20)16-2-3-16/h1,4-6,9-11,16H,2-3,7-8,12-14H2. The Labute approximate surface area is 169 Å². The molecule has 1 aromatic carbocycles. The Morgan fingerprint density at radius 2 is 1.93 bits per heavy atom. The number of hydrogen-bond donors (Lipinski definition) is 0. The van der Waals surface area contributed by atoms with Gasteiger partial charge in [0.05, 0.1) is 5.69 Å². The number of nitrogens with zero attached hydrogens (tertiary/aromatic N) is 4. The molecule has 2 aliphatic heterocycles. The Morgan fingerprint density at radius 3 is 2.79 bits per heavy atom. The van der Waals surface area contributed by atoms with Gasteiger partial charge in [0.1, 0.15) is 5.82 Å². The van der Waals surface area contributed by atoms with Gasteiger partial charge in [0, 0.05) is 61.2 Å². The maximum absolute atomic E-state index is 5.47. The Bertz CT molecular complexity index is 1060. The quantitative estimate of drug-likeness (QED) is 0.681. The summed E-state index contributed by atoms with van der Waals surface area (Å²) in [7, 11) is 0. The van der Waals surface area contributed by atoms with E-state index in [1.165, 1.54) is 29.7 Å². The first kappa shape index (κ1) is 16.9. The van der Waals surface area contributed by atoms with Gasteiger partial charge >= 0.3 is 0 Å². The summed E-state index contributed by atoms with van der Waals surface area (Å²) in [6.07, 6.45) is 7.52. The zero-order valence-electron chi connectivity index (χ0n) is 16.2. The highest BCUT2D eigenvalue weighted by molar-refractivity contribution is 5.64. The molecule has 4 heterocycles. The normalized spacial score (nSPS) is 17.9. The number of ether oxygens (including phenoxy) is 2. The fourth-order valence-electron chi connectivity index (χ4n) is 4.07. The van der Waals surface area contributed by atoms with Crippen LogP contribution < -0.4 is 9.47 Å². The van der Waals surface area contributed by atoms with Gasteiger partial charge in [-0.05, 0) is 42.7 Å². The second-order valence-corrected chi connectivity index (χ2v) is 8.05. The van der Waals surface area contributed by atoms with Gasteiger partial charge in [0.25, 0.3) is 0 Å². The van der Waals surface area contributed by atoms with Crippen LogP contribution in [0.2, 0.25) is 0 Å². The van der Waals surface area contributed by atoms with Gasteiger partial charge in [-0.2, -0.15) is 0 Å². The predicted molar refractivity (Wildman–Crippen MR) is 108 cm³/mol. The van der Waals surface area contributed by atoms with Gasteiger partial charge in [-0.3, -0.25) is 9.88 Å². The second-order valence-electron chi connectivity index (χ2n) is 8.05. The van der Waals surface area contributed by atoms with Gasteiger partial charge < -0.3 is 9.47 Å². The van der Waals surface area contributed by atoms with Gasteiger partial charge in [0.2, 0.25) is 6.79 Å². The Hall–Kier alpha value is -2.99. The van der Waals surface area contributed by atoms with Crippen molar-refractivity contribution >= 4 is 0 Å². The molecule has 1 fully saturated rings. The lowest BCUT2D eigenvalue weighted by molar-refractivity contribution is 0.174. The molecule has 0 saturated heterocycles. The van der Waals surface area contributed by atoms with E-state index in [4.69, 9.17) is 14.5 Å². The molecule has 0 N–H and O–H groups in total. The Kier molecular flexibility index (Phi) is 3.97. The fourth-order valence-corrected chi connectivity index (χ4v) is 4.07. The average molecular weight is 386 g/mol. The zero-order chi connectivity index (χ0) is 19.2. The van der Waals surface area contributed by atoms with E-state index in [0.29, 0.717) is 5.92 Å². The Morgan fingerprint density at radius 1 is 1.00 bits per heavy atom. The number of rotatable bonds is 4.